The van der Waals surface area contributed by atoms with E-state index >= 15 is 0 Å². The van der Waals surface area contributed by atoms with Crippen LogP contribution in [-0.4, -0.2) is 23.6 Å². The summed E-state index contributed by atoms with van der Waals surface area (Å²) in [4.78, 5) is 9.19. The maximum atomic E-state index is 5.46. The van der Waals surface area contributed by atoms with Crippen LogP contribution in [0.2, 0.25) is 0 Å². The molecule has 5 heteroatoms. The highest BCUT2D eigenvalue weighted by Crippen LogP contribution is 2.32. The summed E-state index contributed by atoms with van der Waals surface area (Å²) in [5.74, 6) is 1.86. The summed E-state index contributed by atoms with van der Waals surface area (Å²) in [6.45, 7) is 11.0. The Kier molecular flexibility index (Phi) is 5.10. The number of ether oxygens (including phenoxy) is 1. The first-order valence-electron chi connectivity index (χ1n) is 6.20. The molecule has 1 aromatic heterocycles. The number of aromatic nitrogens is 2. The van der Waals surface area contributed by atoms with Crippen LogP contribution in [0.15, 0.2) is 4.47 Å². The van der Waals surface area contributed by atoms with Gasteiger partial charge in [0.25, 0.3) is 0 Å². The first-order valence-corrected chi connectivity index (χ1v) is 6.99. The second-order valence-corrected chi connectivity index (χ2v) is 5.79. The van der Waals surface area contributed by atoms with Gasteiger partial charge in [0, 0.05) is 13.7 Å². The molecule has 1 aromatic rings. The molecule has 0 radical (unpaired) electrons. The average Bonchev–Trinajstić information content (AvgIpc) is 2.31. The molecule has 0 aliphatic carbocycles. The predicted octanol–water partition coefficient (Wildman–Crippen LogP) is 3.68. The van der Waals surface area contributed by atoms with Crippen molar-refractivity contribution in [1.29, 1.82) is 0 Å². The minimum absolute atomic E-state index is 0.325. The summed E-state index contributed by atoms with van der Waals surface area (Å²) < 4.78 is 6.40. The molecule has 1 heterocycles. The largest absolute Gasteiger partial charge is 0.371 e. The topological polar surface area (TPSA) is 47.0 Å². The zero-order valence-electron chi connectivity index (χ0n) is 12.0. The van der Waals surface area contributed by atoms with Crippen molar-refractivity contribution < 1.29 is 4.74 Å². The molecule has 0 aliphatic heterocycles. The molecular weight excluding hydrogens is 294 g/mol. The fourth-order valence-electron chi connectivity index (χ4n) is 1.49. The van der Waals surface area contributed by atoms with E-state index in [1.165, 1.54) is 0 Å². The van der Waals surface area contributed by atoms with Crippen LogP contribution in [0.4, 0.5) is 5.82 Å². The fourth-order valence-corrected chi connectivity index (χ4v) is 2.27. The lowest BCUT2D eigenvalue weighted by Gasteiger charge is -2.24. The molecular formula is C13H22BrN3O. The maximum absolute atomic E-state index is 5.46. The summed E-state index contributed by atoms with van der Waals surface area (Å²) in [6, 6.07) is 0. The van der Waals surface area contributed by atoms with Crippen LogP contribution in [0, 0.1) is 0 Å². The van der Waals surface area contributed by atoms with E-state index in [1.54, 1.807) is 7.11 Å². The van der Waals surface area contributed by atoms with E-state index in [0.717, 1.165) is 22.5 Å². The minimum Gasteiger partial charge on any atom is -0.371 e. The van der Waals surface area contributed by atoms with E-state index in [1.807, 2.05) is 20.8 Å². The SMILES string of the molecule is CCNc1nc(C(C)(C)OC)nc(C(C)C)c1Br. The van der Waals surface area contributed by atoms with Crippen molar-refractivity contribution in [2.24, 2.45) is 0 Å². The van der Waals surface area contributed by atoms with Crippen molar-refractivity contribution in [1.82, 2.24) is 9.97 Å². The third kappa shape index (κ3) is 3.20. The third-order valence-electron chi connectivity index (χ3n) is 2.82. The molecule has 0 amide bonds. The lowest BCUT2D eigenvalue weighted by atomic mass is 10.1. The van der Waals surface area contributed by atoms with Gasteiger partial charge in [0.2, 0.25) is 0 Å². The normalized spacial score (nSPS) is 12.0. The van der Waals surface area contributed by atoms with E-state index in [-0.39, 0.29) is 0 Å². The fraction of sp³-hybridized carbons (Fsp3) is 0.692. The molecule has 0 fully saturated rings. The highest BCUT2D eigenvalue weighted by Gasteiger charge is 2.26. The van der Waals surface area contributed by atoms with Crippen molar-refractivity contribution in [3.05, 3.63) is 16.0 Å². The van der Waals surface area contributed by atoms with Gasteiger partial charge in [0.15, 0.2) is 5.82 Å². The summed E-state index contributed by atoms with van der Waals surface area (Å²) >= 11 is 3.58. The van der Waals surface area contributed by atoms with Crippen molar-refractivity contribution >= 4 is 21.7 Å². The van der Waals surface area contributed by atoms with Crippen LogP contribution in [0.3, 0.4) is 0 Å². The molecule has 1 rings (SSSR count). The number of anilines is 1. The van der Waals surface area contributed by atoms with Crippen molar-refractivity contribution in [3.63, 3.8) is 0 Å². The van der Waals surface area contributed by atoms with Gasteiger partial charge in [-0.2, -0.15) is 0 Å². The Morgan fingerprint density at radius 3 is 2.39 bits per heavy atom. The van der Waals surface area contributed by atoms with Gasteiger partial charge in [-0.3, -0.25) is 0 Å². The summed E-state index contributed by atoms with van der Waals surface area (Å²) in [5.41, 5.74) is 0.509. The van der Waals surface area contributed by atoms with Gasteiger partial charge < -0.3 is 10.1 Å². The van der Waals surface area contributed by atoms with Gasteiger partial charge >= 0.3 is 0 Å². The molecule has 4 nitrogen and oxygen atoms in total. The Bertz CT molecular complexity index is 419. The van der Waals surface area contributed by atoms with Gasteiger partial charge in [0.1, 0.15) is 11.4 Å². The van der Waals surface area contributed by atoms with E-state index < -0.39 is 5.60 Å². The molecule has 0 saturated heterocycles. The summed E-state index contributed by atoms with van der Waals surface area (Å²) in [6.07, 6.45) is 0. The lowest BCUT2D eigenvalue weighted by molar-refractivity contribution is 0.0113. The van der Waals surface area contributed by atoms with Gasteiger partial charge in [-0.15, -0.1) is 0 Å². The van der Waals surface area contributed by atoms with Gasteiger partial charge in [0.05, 0.1) is 10.2 Å². The Morgan fingerprint density at radius 1 is 1.33 bits per heavy atom. The van der Waals surface area contributed by atoms with Crippen molar-refractivity contribution in [3.8, 4) is 0 Å². The molecule has 0 aromatic carbocycles. The van der Waals surface area contributed by atoms with Gasteiger partial charge in [-0.05, 0) is 42.6 Å². The van der Waals surface area contributed by atoms with Crippen LogP contribution < -0.4 is 5.32 Å². The van der Waals surface area contributed by atoms with Crippen LogP contribution in [0.5, 0.6) is 0 Å². The standard InChI is InChI=1S/C13H22BrN3O/c1-7-15-11-9(14)10(8(2)3)16-12(17-11)13(4,5)18-6/h8H,7H2,1-6H3,(H,15,16,17). The van der Waals surface area contributed by atoms with E-state index in [9.17, 15) is 0 Å². The Morgan fingerprint density at radius 2 is 1.94 bits per heavy atom. The second kappa shape index (κ2) is 5.97. The first-order chi connectivity index (χ1) is 8.33. The number of nitrogens with one attached hydrogen (secondary N) is 1. The van der Waals surface area contributed by atoms with E-state index in [4.69, 9.17) is 4.74 Å². The molecule has 18 heavy (non-hydrogen) atoms. The zero-order chi connectivity index (χ0) is 13.9. The maximum Gasteiger partial charge on any atom is 0.162 e. The van der Waals surface area contributed by atoms with Crippen LogP contribution >= 0.6 is 15.9 Å². The second-order valence-electron chi connectivity index (χ2n) is 4.99. The molecule has 0 aliphatic rings. The zero-order valence-corrected chi connectivity index (χ0v) is 13.6. The number of nitrogens with zero attached hydrogens (tertiary/aromatic N) is 2. The Hall–Kier alpha value is -0.680. The van der Waals surface area contributed by atoms with Crippen LogP contribution in [0.25, 0.3) is 0 Å². The average molecular weight is 316 g/mol. The minimum atomic E-state index is -0.492. The molecule has 102 valence electrons. The van der Waals surface area contributed by atoms with Crippen LogP contribution in [0.1, 0.15) is 52.1 Å². The number of rotatable bonds is 5. The number of halogens is 1. The van der Waals surface area contributed by atoms with E-state index in [0.29, 0.717) is 11.7 Å². The van der Waals surface area contributed by atoms with Crippen molar-refractivity contribution in [2.45, 2.75) is 46.1 Å². The smallest absolute Gasteiger partial charge is 0.162 e. The summed E-state index contributed by atoms with van der Waals surface area (Å²) in [5, 5.41) is 3.25. The Balaban J connectivity index is 3.38. The molecule has 0 bridgehead atoms. The third-order valence-corrected chi connectivity index (χ3v) is 3.60. The number of methoxy groups -OCH3 is 1. The number of hydrogen-bond acceptors (Lipinski definition) is 4. The molecule has 1 N–H and O–H groups in total. The highest BCUT2D eigenvalue weighted by molar-refractivity contribution is 9.10. The quantitative estimate of drug-likeness (QED) is 0.900. The molecule has 0 unspecified atom stereocenters. The molecule has 0 atom stereocenters. The molecule has 0 saturated carbocycles. The number of hydrogen-bond donors (Lipinski definition) is 1. The molecule has 0 spiro atoms. The highest BCUT2D eigenvalue weighted by atomic mass is 79.9. The van der Waals surface area contributed by atoms with Crippen molar-refractivity contribution in [2.75, 3.05) is 19.0 Å². The summed E-state index contributed by atoms with van der Waals surface area (Å²) in [7, 11) is 1.67. The van der Waals surface area contributed by atoms with E-state index in [2.05, 4.69) is 45.1 Å². The Labute approximate surface area is 118 Å². The first kappa shape index (κ1) is 15.4. The van der Waals surface area contributed by atoms with Crippen LogP contribution in [-0.2, 0) is 10.3 Å². The van der Waals surface area contributed by atoms with Gasteiger partial charge in [-0.25, -0.2) is 9.97 Å². The predicted molar refractivity (Wildman–Crippen MR) is 78.0 cm³/mol. The lowest BCUT2D eigenvalue weighted by Crippen LogP contribution is -2.25. The monoisotopic (exact) mass is 315 g/mol. The van der Waals surface area contributed by atoms with Gasteiger partial charge in [-0.1, -0.05) is 13.8 Å².